The molecule has 0 bridgehead atoms. The molecule has 2 atom stereocenters. The smallest absolute Gasteiger partial charge is 0.157 e. The molecular formula is C12H21N3O2. The van der Waals surface area contributed by atoms with Crippen molar-refractivity contribution in [3.63, 3.8) is 0 Å². The fourth-order valence-corrected chi connectivity index (χ4v) is 2.06. The van der Waals surface area contributed by atoms with Gasteiger partial charge < -0.3 is 14.8 Å². The molecular weight excluding hydrogens is 218 g/mol. The maximum absolute atomic E-state index is 5.84. The van der Waals surface area contributed by atoms with Crippen LogP contribution >= 0.6 is 0 Å². The maximum atomic E-state index is 5.84. The van der Waals surface area contributed by atoms with Gasteiger partial charge in [-0.1, -0.05) is 0 Å². The van der Waals surface area contributed by atoms with Gasteiger partial charge in [-0.15, -0.1) is 0 Å². The standard InChI is InChI=1S/C12H21N3O2/c1-3-15-8-12(7-14-15)16-9-11-5-4-10(17-11)6-13-2/h7-8,10-11,13H,3-6,9H2,1-2H3. The highest BCUT2D eigenvalue weighted by Gasteiger charge is 2.25. The molecule has 1 aromatic heterocycles. The van der Waals surface area contributed by atoms with Gasteiger partial charge in [-0.3, -0.25) is 4.68 Å². The Balaban J connectivity index is 1.72. The van der Waals surface area contributed by atoms with E-state index in [4.69, 9.17) is 9.47 Å². The molecule has 96 valence electrons. The molecule has 2 rings (SSSR count). The molecule has 0 amide bonds. The van der Waals surface area contributed by atoms with E-state index >= 15 is 0 Å². The van der Waals surface area contributed by atoms with Gasteiger partial charge in [0, 0.05) is 13.1 Å². The van der Waals surface area contributed by atoms with Crippen LogP contribution in [0.15, 0.2) is 12.4 Å². The molecule has 17 heavy (non-hydrogen) atoms. The normalized spacial score (nSPS) is 24.1. The van der Waals surface area contributed by atoms with Crippen molar-refractivity contribution in [2.75, 3.05) is 20.2 Å². The second kappa shape index (κ2) is 6.02. The number of nitrogens with zero attached hydrogens (tertiary/aromatic N) is 2. The molecule has 1 aromatic rings. The molecule has 0 spiro atoms. The summed E-state index contributed by atoms with van der Waals surface area (Å²) in [4.78, 5) is 0. The van der Waals surface area contributed by atoms with E-state index in [1.54, 1.807) is 6.20 Å². The van der Waals surface area contributed by atoms with Crippen LogP contribution in [0.2, 0.25) is 0 Å². The van der Waals surface area contributed by atoms with Gasteiger partial charge in [0.05, 0.1) is 24.6 Å². The first-order valence-electron chi connectivity index (χ1n) is 6.27. The first-order valence-corrected chi connectivity index (χ1v) is 6.27. The second-order valence-electron chi connectivity index (χ2n) is 4.36. The van der Waals surface area contributed by atoms with E-state index in [9.17, 15) is 0 Å². The van der Waals surface area contributed by atoms with Crippen LogP contribution in [0.4, 0.5) is 0 Å². The summed E-state index contributed by atoms with van der Waals surface area (Å²) >= 11 is 0. The molecule has 1 aliphatic heterocycles. The number of likely N-dealkylation sites (N-methyl/N-ethyl adjacent to an activating group) is 1. The van der Waals surface area contributed by atoms with Crippen molar-refractivity contribution in [2.24, 2.45) is 0 Å². The highest BCUT2D eigenvalue weighted by Crippen LogP contribution is 2.20. The Hall–Kier alpha value is -1.07. The van der Waals surface area contributed by atoms with Crippen molar-refractivity contribution < 1.29 is 9.47 Å². The van der Waals surface area contributed by atoms with E-state index in [0.717, 1.165) is 31.7 Å². The molecule has 0 radical (unpaired) electrons. The third-order valence-corrected chi connectivity index (χ3v) is 3.00. The van der Waals surface area contributed by atoms with Gasteiger partial charge in [0.25, 0.3) is 0 Å². The second-order valence-corrected chi connectivity index (χ2v) is 4.36. The van der Waals surface area contributed by atoms with Gasteiger partial charge >= 0.3 is 0 Å². The zero-order chi connectivity index (χ0) is 12.1. The monoisotopic (exact) mass is 239 g/mol. The summed E-state index contributed by atoms with van der Waals surface area (Å²) in [6.45, 7) is 4.46. The maximum Gasteiger partial charge on any atom is 0.157 e. The summed E-state index contributed by atoms with van der Waals surface area (Å²) in [6.07, 6.45) is 6.42. The summed E-state index contributed by atoms with van der Waals surface area (Å²) in [6, 6.07) is 0. The fourth-order valence-electron chi connectivity index (χ4n) is 2.06. The molecule has 0 aromatic carbocycles. The predicted octanol–water partition coefficient (Wildman–Crippen LogP) is 1.05. The summed E-state index contributed by atoms with van der Waals surface area (Å²) in [5, 5.41) is 7.30. The number of hydrogen-bond donors (Lipinski definition) is 1. The minimum atomic E-state index is 0.221. The lowest BCUT2D eigenvalue weighted by Crippen LogP contribution is -2.25. The summed E-state index contributed by atoms with van der Waals surface area (Å²) < 4.78 is 13.4. The van der Waals surface area contributed by atoms with Crippen molar-refractivity contribution in [2.45, 2.75) is 38.5 Å². The Morgan fingerprint density at radius 2 is 2.35 bits per heavy atom. The number of aromatic nitrogens is 2. The van der Waals surface area contributed by atoms with Crippen LogP contribution in [-0.4, -0.2) is 42.2 Å². The van der Waals surface area contributed by atoms with E-state index in [-0.39, 0.29) is 6.10 Å². The topological polar surface area (TPSA) is 48.3 Å². The molecule has 5 nitrogen and oxygen atoms in total. The van der Waals surface area contributed by atoms with Crippen molar-refractivity contribution >= 4 is 0 Å². The van der Waals surface area contributed by atoms with Crippen molar-refractivity contribution in [3.05, 3.63) is 12.4 Å². The minimum Gasteiger partial charge on any atom is -0.488 e. The lowest BCUT2D eigenvalue weighted by molar-refractivity contribution is 0.0193. The Labute approximate surface area is 102 Å². The summed E-state index contributed by atoms with van der Waals surface area (Å²) in [5.41, 5.74) is 0. The van der Waals surface area contributed by atoms with Crippen LogP contribution in [0.1, 0.15) is 19.8 Å². The first kappa shape index (κ1) is 12.4. The molecule has 0 saturated carbocycles. The zero-order valence-electron chi connectivity index (χ0n) is 10.6. The van der Waals surface area contributed by atoms with Gasteiger partial charge in [0.15, 0.2) is 5.75 Å². The average molecular weight is 239 g/mol. The van der Waals surface area contributed by atoms with Gasteiger partial charge in [0.2, 0.25) is 0 Å². The third-order valence-electron chi connectivity index (χ3n) is 3.00. The minimum absolute atomic E-state index is 0.221. The van der Waals surface area contributed by atoms with Crippen molar-refractivity contribution in [1.82, 2.24) is 15.1 Å². The Kier molecular flexibility index (Phi) is 4.39. The van der Waals surface area contributed by atoms with Crippen molar-refractivity contribution in [1.29, 1.82) is 0 Å². The predicted molar refractivity (Wildman–Crippen MR) is 65.2 cm³/mol. The molecule has 1 fully saturated rings. The molecule has 0 aliphatic carbocycles. The van der Waals surface area contributed by atoms with E-state index in [1.165, 1.54) is 0 Å². The van der Waals surface area contributed by atoms with Crippen LogP contribution in [0.25, 0.3) is 0 Å². The van der Waals surface area contributed by atoms with Gasteiger partial charge in [-0.25, -0.2) is 0 Å². The summed E-state index contributed by atoms with van der Waals surface area (Å²) in [7, 11) is 1.95. The average Bonchev–Trinajstić information content (AvgIpc) is 2.95. The van der Waals surface area contributed by atoms with Crippen LogP contribution in [0.3, 0.4) is 0 Å². The van der Waals surface area contributed by atoms with Crippen LogP contribution in [0, 0.1) is 0 Å². The van der Waals surface area contributed by atoms with Crippen LogP contribution in [0.5, 0.6) is 5.75 Å². The third kappa shape index (κ3) is 3.44. The molecule has 5 heteroatoms. The quantitative estimate of drug-likeness (QED) is 0.806. The Morgan fingerprint density at radius 3 is 3.06 bits per heavy atom. The van der Waals surface area contributed by atoms with E-state index in [0.29, 0.717) is 12.7 Å². The largest absolute Gasteiger partial charge is 0.488 e. The van der Waals surface area contributed by atoms with Gasteiger partial charge in [-0.05, 0) is 26.8 Å². The molecule has 2 heterocycles. The number of hydrogen-bond acceptors (Lipinski definition) is 4. The number of nitrogens with one attached hydrogen (secondary N) is 1. The van der Waals surface area contributed by atoms with Crippen LogP contribution in [-0.2, 0) is 11.3 Å². The van der Waals surface area contributed by atoms with Gasteiger partial charge in [-0.2, -0.15) is 5.10 Å². The SMILES string of the molecule is CCn1cc(OCC2CCC(CNC)O2)cn1. The van der Waals surface area contributed by atoms with Crippen molar-refractivity contribution in [3.8, 4) is 5.75 Å². The Morgan fingerprint density at radius 1 is 1.53 bits per heavy atom. The summed E-state index contributed by atoms with van der Waals surface area (Å²) in [5.74, 6) is 0.826. The zero-order valence-corrected chi connectivity index (χ0v) is 10.6. The van der Waals surface area contributed by atoms with E-state index in [2.05, 4.69) is 17.3 Å². The molecule has 1 N–H and O–H groups in total. The number of aryl methyl sites for hydroxylation is 1. The lowest BCUT2D eigenvalue weighted by Gasteiger charge is -2.13. The van der Waals surface area contributed by atoms with Crippen LogP contribution < -0.4 is 10.1 Å². The van der Waals surface area contributed by atoms with E-state index < -0.39 is 0 Å². The molecule has 1 saturated heterocycles. The first-order chi connectivity index (χ1) is 8.31. The molecule has 2 unspecified atom stereocenters. The number of ether oxygens (including phenoxy) is 2. The highest BCUT2D eigenvalue weighted by atomic mass is 16.5. The lowest BCUT2D eigenvalue weighted by atomic mass is 10.2. The molecule has 1 aliphatic rings. The fraction of sp³-hybridized carbons (Fsp3) is 0.750. The number of rotatable bonds is 6. The van der Waals surface area contributed by atoms with Gasteiger partial charge in [0.1, 0.15) is 6.61 Å². The van der Waals surface area contributed by atoms with E-state index in [1.807, 2.05) is 17.9 Å². The Bertz CT molecular complexity index is 340. The highest BCUT2D eigenvalue weighted by molar-refractivity contribution is 5.11.